The van der Waals surface area contributed by atoms with E-state index in [1.165, 1.54) is 23.1 Å². The fraction of sp³-hybridized carbons (Fsp3) is 0.385. The summed E-state index contributed by atoms with van der Waals surface area (Å²) in [7, 11) is 0. The minimum absolute atomic E-state index is 0.123. The van der Waals surface area contributed by atoms with Crippen molar-refractivity contribution in [2.24, 2.45) is 0 Å². The zero-order valence-electron chi connectivity index (χ0n) is 10.3. The molecule has 1 aliphatic heterocycles. The third-order valence-electron chi connectivity index (χ3n) is 3.37. The number of hydrogen-bond acceptors (Lipinski definition) is 3. The molecule has 1 fully saturated rings. The molecular formula is C13H11F3N2O2. The molecule has 0 spiro atoms. The first kappa shape index (κ1) is 13.0. The molecule has 0 aromatic heterocycles. The summed E-state index contributed by atoms with van der Waals surface area (Å²) in [6.45, 7) is -1.03. The smallest absolute Gasteiger partial charge is 0.359 e. The number of benzene rings is 1. The molecule has 1 saturated carbocycles. The summed E-state index contributed by atoms with van der Waals surface area (Å²) in [5.41, 5.74) is 0.866. The van der Waals surface area contributed by atoms with Gasteiger partial charge in [0.15, 0.2) is 0 Å². The van der Waals surface area contributed by atoms with Crippen LogP contribution in [0.5, 0.6) is 0 Å². The lowest BCUT2D eigenvalue weighted by Crippen LogP contribution is -2.35. The summed E-state index contributed by atoms with van der Waals surface area (Å²) >= 11 is 0. The van der Waals surface area contributed by atoms with Crippen molar-refractivity contribution in [3.8, 4) is 0 Å². The second kappa shape index (κ2) is 4.22. The van der Waals surface area contributed by atoms with Crippen molar-refractivity contribution in [1.29, 1.82) is 0 Å². The van der Waals surface area contributed by atoms with Crippen LogP contribution in [0.4, 0.5) is 24.5 Å². The van der Waals surface area contributed by atoms with Gasteiger partial charge >= 0.3 is 6.18 Å². The quantitative estimate of drug-likeness (QED) is 0.867. The topological polar surface area (TPSA) is 49.4 Å². The SMILES string of the molecule is O=C1Nc2cc(N(CC(F)(F)F)C3CC3)ccc2C1=O. The molecule has 1 aliphatic carbocycles. The summed E-state index contributed by atoms with van der Waals surface area (Å²) in [5.74, 6) is -1.40. The Bertz CT molecular complexity index is 594. The molecule has 20 heavy (non-hydrogen) atoms. The van der Waals surface area contributed by atoms with E-state index in [0.717, 1.165) is 12.8 Å². The van der Waals surface area contributed by atoms with E-state index in [4.69, 9.17) is 0 Å². The number of anilines is 2. The van der Waals surface area contributed by atoms with E-state index in [0.29, 0.717) is 5.69 Å². The second-order valence-electron chi connectivity index (χ2n) is 4.99. The van der Waals surface area contributed by atoms with Gasteiger partial charge in [0.25, 0.3) is 11.7 Å². The van der Waals surface area contributed by atoms with Gasteiger partial charge in [0.2, 0.25) is 0 Å². The number of halogens is 3. The van der Waals surface area contributed by atoms with Crippen molar-refractivity contribution in [3.05, 3.63) is 23.8 Å². The molecular weight excluding hydrogens is 273 g/mol. The number of amides is 1. The van der Waals surface area contributed by atoms with E-state index in [-0.39, 0.29) is 17.3 Å². The van der Waals surface area contributed by atoms with Crippen LogP contribution >= 0.6 is 0 Å². The first-order valence-electron chi connectivity index (χ1n) is 6.18. The normalized spacial score (nSPS) is 17.9. The molecule has 2 aliphatic rings. The number of Topliss-reactive ketones (excluding diaryl/α,β-unsaturated/α-hetero) is 1. The Morgan fingerprint density at radius 1 is 1.25 bits per heavy atom. The predicted molar refractivity (Wildman–Crippen MR) is 65.8 cm³/mol. The number of nitrogens with zero attached hydrogens (tertiary/aromatic N) is 1. The van der Waals surface area contributed by atoms with E-state index in [2.05, 4.69) is 5.32 Å². The highest BCUT2D eigenvalue weighted by Gasteiger charge is 2.39. The van der Waals surface area contributed by atoms with Gasteiger partial charge in [0, 0.05) is 11.7 Å². The van der Waals surface area contributed by atoms with E-state index in [1.54, 1.807) is 0 Å². The van der Waals surface area contributed by atoms with Gasteiger partial charge in [-0.3, -0.25) is 9.59 Å². The third-order valence-corrected chi connectivity index (χ3v) is 3.37. The molecule has 0 unspecified atom stereocenters. The lowest BCUT2D eigenvalue weighted by molar-refractivity contribution is -0.120. The van der Waals surface area contributed by atoms with Crippen LogP contribution in [-0.2, 0) is 4.79 Å². The van der Waals surface area contributed by atoms with Crippen LogP contribution in [0.3, 0.4) is 0 Å². The molecule has 0 saturated heterocycles. The van der Waals surface area contributed by atoms with Crippen LogP contribution in [0, 0.1) is 0 Å². The third kappa shape index (κ3) is 2.35. The highest BCUT2D eigenvalue weighted by atomic mass is 19.4. The molecule has 0 atom stereocenters. The average molecular weight is 284 g/mol. The van der Waals surface area contributed by atoms with Gasteiger partial charge in [0.05, 0.1) is 11.3 Å². The molecule has 106 valence electrons. The summed E-state index contributed by atoms with van der Waals surface area (Å²) in [6, 6.07) is 4.17. The number of carbonyl (C=O) groups excluding carboxylic acids is 2. The molecule has 7 heteroatoms. The van der Waals surface area contributed by atoms with E-state index in [1.807, 2.05) is 0 Å². The fourth-order valence-corrected chi connectivity index (χ4v) is 2.32. The van der Waals surface area contributed by atoms with Crippen molar-refractivity contribution in [1.82, 2.24) is 0 Å². The van der Waals surface area contributed by atoms with Gasteiger partial charge in [-0.1, -0.05) is 0 Å². The zero-order chi connectivity index (χ0) is 14.5. The van der Waals surface area contributed by atoms with E-state index >= 15 is 0 Å². The molecule has 1 aromatic rings. The Kier molecular flexibility index (Phi) is 2.74. The van der Waals surface area contributed by atoms with Crippen LogP contribution in [0.2, 0.25) is 0 Å². The lowest BCUT2D eigenvalue weighted by atomic mass is 10.1. The molecule has 1 heterocycles. The minimum atomic E-state index is -4.29. The zero-order valence-corrected chi connectivity index (χ0v) is 10.3. The Morgan fingerprint density at radius 2 is 1.95 bits per heavy atom. The number of carbonyl (C=O) groups is 2. The average Bonchev–Trinajstić information content (AvgIpc) is 3.14. The number of nitrogens with one attached hydrogen (secondary N) is 1. The van der Waals surface area contributed by atoms with Gasteiger partial charge in [0.1, 0.15) is 6.54 Å². The number of hydrogen-bond donors (Lipinski definition) is 1. The summed E-state index contributed by atoms with van der Waals surface area (Å²) < 4.78 is 37.8. The van der Waals surface area contributed by atoms with Crippen LogP contribution in [0.1, 0.15) is 23.2 Å². The molecule has 1 aromatic carbocycles. The number of rotatable bonds is 3. The molecule has 0 radical (unpaired) electrons. The number of alkyl halides is 3. The Labute approximate surface area is 112 Å². The maximum Gasteiger partial charge on any atom is 0.405 e. The van der Waals surface area contributed by atoms with Gasteiger partial charge in [-0.2, -0.15) is 13.2 Å². The van der Waals surface area contributed by atoms with Gasteiger partial charge in [-0.05, 0) is 31.0 Å². The molecule has 4 nitrogen and oxygen atoms in total. The van der Waals surface area contributed by atoms with Crippen LogP contribution in [0.25, 0.3) is 0 Å². The Morgan fingerprint density at radius 3 is 2.55 bits per heavy atom. The van der Waals surface area contributed by atoms with E-state index < -0.39 is 24.4 Å². The molecule has 0 bridgehead atoms. The molecule has 1 N–H and O–H groups in total. The first-order valence-corrected chi connectivity index (χ1v) is 6.18. The van der Waals surface area contributed by atoms with Crippen molar-refractivity contribution >= 4 is 23.1 Å². The van der Waals surface area contributed by atoms with Gasteiger partial charge in [-0.25, -0.2) is 0 Å². The van der Waals surface area contributed by atoms with Crippen molar-refractivity contribution in [2.45, 2.75) is 25.1 Å². The summed E-state index contributed by atoms with van der Waals surface area (Å²) in [4.78, 5) is 24.0. The second-order valence-corrected chi connectivity index (χ2v) is 4.99. The standard InChI is InChI=1S/C13H11F3N2O2/c14-13(15,16)6-18(7-1-2-7)8-3-4-9-10(5-8)17-12(20)11(9)19/h3-5,7H,1-2,6H2,(H,17,19,20). The number of fused-ring (bicyclic) bond motifs is 1. The summed E-state index contributed by atoms with van der Waals surface area (Å²) in [5, 5.41) is 2.37. The molecule has 3 rings (SSSR count). The maximum absolute atomic E-state index is 12.6. The first-order chi connectivity index (χ1) is 9.35. The van der Waals surface area contributed by atoms with Crippen molar-refractivity contribution in [2.75, 3.05) is 16.8 Å². The fourth-order valence-electron chi connectivity index (χ4n) is 2.32. The highest BCUT2D eigenvalue weighted by molar-refractivity contribution is 6.51. The van der Waals surface area contributed by atoms with Crippen LogP contribution in [-0.4, -0.2) is 30.5 Å². The Balaban J connectivity index is 1.91. The Hall–Kier alpha value is -2.05. The van der Waals surface area contributed by atoms with Gasteiger partial charge in [-0.15, -0.1) is 0 Å². The van der Waals surface area contributed by atoms with Crippen molar-refractivity contribution < 1.29 is 22.8 Å². The number of ketones is 1. The lowest BCUT2D eigenvalue weighted by Gasteiger charge is -2.26. The predicted octanol–water partition coefficient (Wildman–Crippen LogP) is 2.35. The van der Waals surface area contributed by atoms with Crippen LogP contribution in [0.15, 0.2) is 18.2 Å². The largest absolute Gasteiger partial charge is 0.405 e. The van der Waals surface area contributed by atoms with Gasteiger partial charge < -0.3 is 10.2 Å². The maximum atomic E-state index is 12.6. The summed E-state index contributed by atoms with van der Waals surface area (Å²) in [6.07, 6.45) is -2.85. The molecule has 1 amide bonds. The minimum Gasteiger partial charge on any atom is -0.359 e. The van der Waals surface area contributed by atoms with Crippen molar-refractivity contribution in [3.63, 3.8) is 0 Å². The van der Waals surface area contributed by atoms with E-state index in [9.17, 15) is 22.8 Å². The monoisotopic (exact) mass is 284 g/mol. The van der Waals surface area contributed by atoms with Crippen LogP contribution < -0.4 is 10.2 Å². The highest BCUT2D eigenvalue weighted by Crippen LogP contribution is 2.37.